The first-order valence-electron chi connectivity index (χ1n) is 6.84. The number of carbonyl (C=O) groups is 1. The van der Waals surface area contributed by atoms with E-state index < -0.39 is 0 Å². The van der Waals surface area contributed by atoms with Crippen molar-refractivity contribution in [3.63, 3.8) is 0 Å². The summed E-state index contributed by atoms with van der Waals surface area (Å²) in [5, 5.41) is 2.90. The summed E-state index contributed by atoms with van der Waals surface area (Å²) in [4.78, 5) is 12.1. The Morgan fingerprint density at radius 2 is 2.05 bits per heavy atom. The van der Waals surface area contributed by atoms with Crippen molar-refractivity contribution in [3.8, 4) is 11.5 Å². The molecule has 0 saturated heterocycles. The number of ether oxygens (including phenoxy) is 2. The number of carbonyl (C=O) groups excluding carboxylic acids is 1. The minimum atomic E-state index is -0.0924. The van der Waals surface area contributed by atoms with Crippen LogP contribution >= 0.6 is 0 Å². The maximum atomic E-state index is 12.1. The molecule has 1 rings (SSSR count). The van der Waals surface area contributed by atoms with Crippen LogP contribution in [-0.2, 0) is 0 Å². The Balaban J connectivity index is 3.08. The van der Waals surface area contributed by atoms with E-state index in [0.717, 1.165) is 18.4 Å². The highest BCUT2D eigenvalue weighted by Gasteiger charge is 2.14. The number of hydrogen-bond acceptors (Lipinski definition) is 3. The SMILES string of the molecule is C/C=C/c1cc(C(=O)NCCCC)cc(OC)c1OC. The van der Waals surface area contributed by atoms with Gasteiger partial charge < -0.3 is 14.8 Å². The van der Waals surface area contributed by atoms with E-state index in [4.69, 9.17) is 9.47 Å². The molecular weight excluding hydrogens is 254 g/mol. The Bertz CT molecular complexity index is 481. The minimum Gasteiger partial charge on any atom is -0.493 e. The maximum absolute atomic E-state index is 12.1. The van der Waals surface area contributed by atoms with E-state index in [1.165, 1.54) is 0 Å². The van der Waals surface area contributed by atoms with E-state index in [0.29, 0.717) is 23.6 Å². The molecule has 110 valence electrons. The fourth-order valence-corrected chi connectivity index (χ4v) is 1.91. The van der Waals surface area contributed by atoms with Gasteiger partial charge in [-0.3, -0.25) is 4.79 Å². The van der Waals surface area contributed by atoms with Crippen molar-refractivity contribution in [1.29, 1.82) is 0 Å². The van der Waals surface area contributed by atoms with Crippen molar-refractivity contribution in [3.05, 3.63) is 29.3 Å². The Morgan fingerprint density at radius 1 is 1.30 bits per heavy atom. The molecule has 0 fully saturated rings. The largest absolute Gasteiger partial charge is 0.493 e. The Hall–Kier alpha value is -1.97. The molecule has 0 atom stereocenters. The highest BCUT2D eigenvalue weighted by atomic mass is 16.5. The fourth-order valence-electron chi connectivity index (χ4n) is 1.91. The summed E-state index contributed by atoms with van der Waals surface area (Å²) in [6.45, 7) is 4.69. The van der Waals surface area contributed by atoms with Crippen LogP contribution < -0.4 is 14.8 Å². The smallest absolute Gasteiger partial charge is 0.251 e. The summed E-state index contributed by atoms with van der Waals surface area (Å²) in [5.41, 5.74) is 1.40. The van der Waals surface area contributed by atoms with Crippen molar-refractivity contribution in [1.82, 2.24) is 5.32 Å². The van der Waals surface area contributed by atoms with Crippen molar-refractivity contribution >= 4 is 12.0 Å². The molecule has 1 aromatic rings. The molecule has 1 amide bonds. The number of nitrogens with one attached hydrogen (secondary N) is 1. The van der Waals surface area contributed by atoms with Crippen LogP contribution in [0.1, 0.15) is 42.6 Å². The van der Waals surface area contributed by atoms with Gasteiger partial charge in [0.05, 0.1) is 14.2 Å². The lowest BCUT2D eigenvalue weighted by Crippen LogP contribution is -2.24. The monoisotopic (exact) mass is 277 g/mol. The highest BCUT2D eigenvalue weighted by molar-refractivity contribution is 5.95. The van der Waals surface area contributed by atoms with Gasteiger partial charge in [-0.05, 0) is 25.5 Å². The van der Waals surface area contributed by atoms with E-state index in [1.807, 2.05) is 25.1 Å². The summed E-state index contributed by atoms with van der Waals surface area (Å²) >= 11 is 0. The summed E-state index contributed by atoms with van der Waals surface area (Å²) < 4.78 is 10.6. The van der Waals surface area contributed by atoms with Gasteiger partial charge in [-0.1, -0.05) is 25.5 Å². The van der Waals surface area contributed by atoms with Gasteiger partial charge in [0.25, 0.3) is 5.91 Å². The van der Waals surface area contributed by atoms with E-state index in [-0.39, 0.29) is 5.91 Å². The molecule has 0 aliphatic rings. The Labute approximate surface area is 120 Å². The number of benzene rings is 1. The second kappa shape index (κ2) is 8.25. The number of methoxy groups -OCH3 is 2. The van der Waals surface area contributed by atoms with Crippen molar-refractivity contribution in [2.24, 2.45) is 0 Å². The Morgan fingerprint density at radius 3 is 2.60 bits per heavy atom. The molecule has 0 unspecified atom stereocenters. The lowest BCUT2D eigenvalue weighted by Gasteiger charge is -2.13. The quantitative estimate of drug-likeness (QED) is 0.778. The number of unbranched alkanes of at least 4 members (excludes halogenated alkanes) is 1. The van der Waals surface area contributed by atoms with E-state index in [9.17, 15) is 4.79 Å². The van der Waals surface area contributed by atoms with E-state index in [2.05, 4.69) is 12.2 Å². The van der Waals surface area contributed by atoms with Crippen LogP contribution in [0.25, 0.3) is 6.08 Å². The van der Waals surface area contributed by atoms with Crippen LogP contribution in [0.2, 0.25) is 0 Å². The zero-order chi connectivity index (χ0) is 15.0. The third kappa shape index (κ3) is 4.02. The first kappa shape index (κ1) is 16.1. The average molecular weight is 277 g/mol. The zero-order valence-corrected chi connectivity index (χ0v) is 12.7. The predicted molar refractivity (Wildman–Crippen MR) is 81.5 cm³/mol. The third-order valence-electron chi connectivity index (χ3n) is 2.93. The van der Waals surface area contributed by atoms with Crippen LogP contribution in [0.4, 0.5) is 0 Å². The van der Waals surface area contributed by atoms with Crippen molar-refractivity contribution in [2.75, 3.05) is 20.8 Å². The van der Waals surface area contributed by atoms with Gasteiger partial charge in [-0.25, -0.2) is 0 Å². The van der Waals surface area contributed by atoms with Crippen LogP contribution in [0, 0.1) is 0 Å². The van der Waals surface area contributed by atoms with Gasteiger partial charge in [-0.2, -0.15) is 0 Å². The third-order valence-corrected chi connectivity index (χ3v) is 2.93. The first-order valence-corrected chi connectivity index (χ1v) is 6.84. The molecule has 0 radical (unpaired) electrons. The normalized spacial score (nSPS) is 10.6. The molecule has 1 N–H and O–H groups in total. The standard InChI is InChI=1S/C16H23NO3/c1-5-7-9-17-16(18)13-10-12(8-6-2)15(20-4)14(11-13)19-3/h6,8,10-11H,5,7,9H2,1-4H3,(H,17,18)/b8-6+. The molecule has 4 heteroatoms. The molecule has 0 aromatic heterocycles. The van der Waals surface area contributed by atoms with Gasteiger partial charge in [0, 0.05) is 17.7 Å². The van der Waals surface area contributed by atoms with Gasteiger partial charge in [0.1, 0.15) is 0 Å². The highest BCUT2D eigenvalue weighted by Crippen LogP contribution is 2.33. The molecule has 1 aromatic carbocycles. The second-order valence-electron chi connectivity index (χ2n) is 4.41. The van der Waals surface area contributed by atoms with Crippen LogP contribution in [-0.4, -0.2) is 26.7 Å². The van der Waals surface area contributed by atoms with Gasteiger partial charge in [-0.15, -0.1) is 0 Å². The lowest BCUT2D eigenvalue weighted by molar-refractivity contribution is 0.0952. The fraction of sp³-hybridized carbons (Fsp3) is 0.438. The van der Waals surface area contributed by atoms with Crippen LogP contribution in [0.15, 0.2) is 18.2 Å². The molecule has 0 bridgehead atoms. The van der Waals surface area contributed by atoms with Crippen LogP contribution in [0.3, 0.4) is 0 Å². The second-order valence-corrected chi connectivity index (χ2v) is 4.41. The first-order chi connectivity index (χ1) is 9.67. The summed E-state index contributed by atoms with van der Waals surface area (Å²) in [6, 6.07) is 3.51. The van der Waals surface area contributed by atoms with Gasteiger partial charge in [0.15, 0.2) is 11.5 Å². The zero-order valence-electron chi connectivity index (χ0n) is 12.7. The topological polar surface area (TPSA) is 47.6 Å². The molecule has 0 heterocycles. The molecule has 0 aliphatic heterocycles. The molecule has 0 spiro atoms. The maximum Gasteiger partial charge on any atom is 0.251 e. The summed E-state index contributed by atoms with van der Waals surface area (Å²) in [6.07, 6.45) is 5.82. The number of allylic oxidation sites excluding steroid dienone is 1. The number of rotatable bonds is 7. The molecular formula is C16H23NO3. The molecule has 4 nitrogen and oxygen atoms in total. The van der Waals surface area contributed by atoms with E-state index >= 15 is 0 Å². The van der Waals surface area contributed by atoms with Crippen molar-refractivity contribution < 1.29 is 14.3 Å². The van der Waals surface area contributed by atoms with Gasteiger partial charge >= 0.3 is 0 Å². The predicted octanol–water partition coefficient (Wildman–Crippen LogP) is 3.27. The molecule has 0 aliphatic carbocycles. The number of amides is 1. The Kier molecular flexibility index (Phi) is 6.64. The van der Waals surface area contributed by atoms with Gasteiger partial charge in [0.2, 0.25) is 0 Å². The average Bonchev–Trinajstić information content (AvgIpc) is 2.46. The van der Waals surface area contributed by atoms with Crippen LogP contribution in [0.5, 0.6) is 11.5 Å². The van der Waals surface area contributed by atoms with Crippen molar-refractivity contribution in [2.45, 2.75) is 26.7 Å². The summed E-state index contributed by atoms with van der Waals surface area (Å²) in [7, 11) is 3.15. The molecule has 0 saturated carbocycles. The minimum absolute atomic E-state index is 0.0924. The summed E-state index contributed by atoms with van der Waals surface area (Å²) in [5.74, 6) is 1.10. The molecule has 20 heavy (non-hydrogen) atoms. The van der Waals surface area contributed by atoms with E-state index in [1.54, 1.807) is 20.3 Å². The lowest BCUT2D eigenvalue weighted by atomic mass is 10.1. The number of hydrogen-bond donors (Lipinski definition) is 1.